The molecule has 2 aromatic heterocycles. The molecule has 168 valence electrons. The van der Waals surface area contributed by atoms with Gasteiger partial charge in [-0.25, -0.2) is 18.1 Å². The molecule has 0 spiro atoms. The van der Waals surface area contributed by atoms with E-state index >= 15 is 0 Å². The fraction of sp³-hybridized carbons (Fsp3) is 0.0870. The molecular formula is C23H21N5O4S. The van der Waals surface area contributed by atoms with E-state index in [9.17, 15) is 13.2 Å². The summed E-state index contributed by atoms with van der Waals surface area (Å²) in [5.74, 6) is 0.590. The Morgan fingerprint density at radius 1 is 1.03 bits per heavy atom. The number of amides is 1. The number of rotatable bonds is 7. The highest BCUT2D eigenvalue weighted by molar-refractivity contribution is 7.92. The van der Waals surface area contributed by atoms with Gasteiger partial charge in [-0.15, -0.1) is 0 Å². The predicted molar refractivity (Wildman–Crippen MR) is 124 cm³/mol. The van der Waals surface area contributed by atoms with Crippen molar-refractivity contribution in [2.75, 3.05) is 23.8 Å². The molecule has 0 atom stereocenters. The molecule has 0 aliphatic rings. The lowest BCUT2D eigenvalue weighted by Crippen LogP contribution is -2.26. The molecule has 1 N–H and O–H groups in total. The summed E-state index contributed by atoms with van der Waals surface area (Å²) in [5.41, 5.74) is 1.09. The van der Waals surface area contributed by atoms with Gasteiger partial charge in [-0.05, 0) is 60.7 Å². The summed E-state index contributed by atoms with van der Waals surface area (Å²) >= 11 is 0. The van der Waals surface area contributed by atoms with Gasteiger partial charge in [-0.1, -0.05) is 6.07 Å². The first-order valence-electron chi connectivity index (χ1n) is 9.89. The zero-order chi connectivity index (χ0) is 23.4. The molecule has 0 fully saturated rings. The minimum Gasteiger partial charge on any atom is -0.497 e. The van der Waals surface area contributed by atoms with Gasteiger partial charge in [0.2, 0.25) is 0 Å². The Balaban J connectivity index is 1.59. The van der Waals surface area contributed by atoms with Gasteiger partial charge < -0.3 is 10.1 Å². The number of anilines is 2. The second kappa shape index (κ2) is 9.13. The lowest BCUT2D eigenvalue weighted by Gasteiger charge is -2.20. The number of nitrogens with one attached hydrogen (secondary N) is 1. The van der Waals surface area contributed by atoms with Crippen molar-refractivity contribution in [2.45, 2.75) is 4.90 Å². The Labute approximate surface area is 191 Å². The van der Waals surface area contributed by atoms with Crippen molar-refractivity contribution in [1.82, 2.24) is 14.8 Å². The van der Waals surface area contributed by atoms with Gasteiger partial charge in [0.05, 0.1) is 23.4 Å². The molecule has 0 radical (unpaired) electrons. The maximum atomic E-state index is 13.2. The minimum absolute atomic E-state index is 0.00745. The van der Waals surface area contributed by atoms with Gasteiger partial charge in [0.25, 0.3) is 15.9 Å². The predicted octanol–water partition coefficient (Wildman–Crippen LogP) is 3.35. The Bertz CT molecular complexity index is 1370. The molecule has 0 saturated heterocycles. The van der Waals surface area contributed by atoms with Gasteiger partial charge in [0, 0.05) is 31.2 Å². The second-order valence-corrected chi connectivity index (χ2v) is 8.95. The van der Waals surface area contributed by atoms with E-state index in [1.165, 1.54) is 37.0 Å². The van der Waals surface area contributed by atoms with E-state index in [4.69, 9.17) is 4.74 Å². The number of sulfonamides is 1. The zero-order valence-corrected chi connectivity index (χ0v) is 18.7. The van der Waals surface area contributed by atoms with E-state index in [2.05, 4.69) is 15.4 Å². The van der Waals surface area contributed by atoms with E-state index in [0.717, 1.165) is 4.31 Å². The van der Waals surface area contributed by atoms with Crippen molar-refractivity contribution in [3.8, 4) is 11.6 Å². The first-order valence-corrected chi connectivity index (χ1v) is 11.3. The number of hydrogen-bond acceptors (Lipinski definition) is 6. The van der Waals surface area contributed by atoms with Crippen LogP contribution in [0.2, 0.25) is 0 Å². The topological polar surface area (TPSA) is 106 Å². The van der Waals surface area contributed by atoms with Crippen molar-refractivity contribution in [2.24, 2.45) is 0 Å². The third kappa shape index (κ3) is 4.55. The monoisotopic (exact) mass is 463 g/mol. The number of nitrogens with zero attached hydrogens (tertiary/aromatic N) is 4. The smallest absolute Gasteiger partial charge is 0.264 e. The second-order valence-electron chi connectivity index (χ2n) is 6.98. The largest absolute Gasteiger partial charge is 0.497 e. The van der Waals surface area contributed by atoms with Crippen LogP contribution in [0.4, 0.5) is 11.4 Å². The summed E-state index contributed by atoms with van der Waals surface area (Å²) in [5, 5.41) is 6.93. The van der Waals surface area contributed by atoms with E-state index in [-0.39, 0.29) is 10.5 Å². The van der Waals surface area contributed by atoms with Crippen LogP contribution in [0.5, 0.6) is 5.75 Å². The Hall–Kier alpha value is -4.18. The zero-order valence-electron chi connectivity index (χ0n) is 17.9. The highest BCUT2D eigenvalue weighted by Gasteiger charge is 2.23. The molecule has 1 amide bonds. The number of hydrogen-bond donors (Lipinski definition) is 1. The quantitative estimate of drug-likeness (QED) is 0.451. The number of ether oxygens (including phenoxy) is 1. The number of benzene rings is 2. The molecule has 4 aromatic rings. The first-order chi connectivity index (χ1) is 15.9. The lowest BCUT2D eigenvalue weighted by molar-refractivity contribution is 0.102. The van der Waals surface area contributed by atoms with Crippen LogP contribution in [-0.4, -0.2) is 43.2 Å². The van der Waals surface area contributed by atoms with Crippen molar-refractivity contribution in [3.63, 3.8) is 0 Å². The first kappa shape index (κ1) is 22.0. The van der Waals surface area contributed by atoms with Crippen molar-refractivity contribution >= 4 is 27.3 Å². The number of aromatic nitrogens is 3. The van der Waals surface area contributed by atoms with Gasteiger partial charge in [0.15, 0.2) is 5.82 Å². The molecule has 0 bridgehead atoms. The van der Waals surface area contributed by atoms with Crippen LogP contribution in [0.15, 0.2) is 90.2 Å². The molecule has 33 heavy (non-hydrogen) atoms. The summed E-state index contributed by atoms with van der Waals surface area (Å²) in [6.07, 6.45) is 4.91. The molecule has 9 nitrogen and oxygen atoms in total. The van der Waals surface area contributed by atoms with Crippen molar-refractivity contribution in [3.05, 3.63) is 90.9 Å². The van der Waals surface area contributed by atoms with Crippen LogP contribution in [0.1, 0.15) is 10.4 Å². The third-order valence-electron chi connectivity index (χ3n) is 4.95. The average molecular weight is 464 g/mol. The Kier molecular flexibility index (Phi) is 6.09. The van der Waals surface area contributed by atoms with Crippen LogP contribution in [-0.2, 0) is 10.0 Å². The molecular weight excluding hydrogens is 442 g/mol. The number of carbonyl (C=O) groups is 1. The minimum atomic E-state index is -3.90. The molecule has 4 rings (SSSR count). The van der Waals surface area contributed by atoms with E-state index in [0.29, 0.717) is 22.9 Å². The standard InChI is InChI=1S/C23H21N5O4S/c1-27(18-9-11-19(32-2)12-10-18)33(30,31)20-7-3-6-17(16-20)23(29)26-21-8-4-13-24-22(21)28-15-5-14-25-28/h3-16H,1-2H3,(H,26,29). The SMILES string of the molecule is COc1ccc(N(C)S(=O)(=O)c2cccc(C(=O)Nc3cccnc3-n3cccn3)c2)cc1. The lowest BCUT2D eigenvalue weighted by atomic mass is 10.2. The van der Waals surface area contributed by atoms with Gasteiger partial charge >= 0.3 is 0 Å². The third-order valence-corrected chi connectivity index (χ3v) is 6.73. The molecule has 0 saturated carbocycles. The number of methoxy groups -OCH3 is 1. The molecule has 0 unspecified atom stereocenters. The highest BCUT2D eigenvalue weighted by atomic mass is 32.2. The van der Waals surface area contributed by atoms with Crippen LogP contribution < -0.4 is 14.4 Å². The molecule has 2 heterocycles. The maximum Gasteiger partial charge on any atom is 0.264 e. The normalized spacial score (nSPS) is 11.1. The van der Waals surface area contributed by atoms with Crippen LogP contribution in [0, 0.1) is 0 Å². The highest BCUT2D eigenvalue weighted by Crippen LogP contribution is 2.25. The summed E-state index contributed by atoms with van der Waals surface area (Å²) in [7, 11) is -0.907. The van der Waals surface area contributed by atoms with Gasteiger partial charge in [0.1, 0.15) is 5.75 Å². The average Bonchev–Trinajstić information content (AvgIpc) is 3.39. The maximum absolute atomic E-state index is 13.2. The van der Waals surface area contributed by atoms with Gasteiger partial charge in [-0.2, -0.15) is 5.10 Å². The van der Waals surface area contributed by atoms with Crippen molar-refractivity contribution in [1.29, 1.82) is 0 Å². The van der Waals surface area contributed by atoms with Crippen LogP contribution >= 0.6 is 0 Å². The van der Waals surface area contributed by atoms with E-state index < -0.39 is 15.9 Å². The Morgan fingerprint density at radius 3 is 2.52 bits per heavy atom. The fourth-order valence-corrected chi connectivity index (χ4v) is 4.39. The van der Waals surface area contributed by atoms with Crippen LogP contribution in [0.3, 0.4) is 0 Å². The number of carbonyl (C=O) groups excluding carboxylic acids is 1. The summed E-state index contributed by atoms with van der Waals surface area (Å²) < 4.78 is 34.1. The number of pyridine rings is 1. The fourth-order valence-electron chi connectivity index (χ4n) is 3.15. The molecule has 2 aromatic carbocycles. The molecule has 0 aliphatic carbocycles. The summed E-state index contributed by atoms with van der Waals surface area (Å²) in [4.78, 5) is 17.2. The van der Waals surface area contributed by atoms with E-state index in [1.54, 1.807) is 67.1 Å². The summed E-state index contributed by atoms with van der Waals surface area (Å²) in [6.45, 7) is 0. The molecule has 0 aliphatic heterocycles. The van der Waals surface area contributed by atoms with Gasteiger partial charge in [-0.3, -0.25) is 9.10 Å². The van der Waals surface area contributed by atoms with Crippen LogP contribution in [0.25, 0.3) is 5.82 Å². The van der Waals surface area contributed by atoms with E-state index in [1.807, 2.05) is 0 Å². The van der Waals surface area contributed by atoms with Crippen molar-refractivity contribution < 1.29 is 17.9 Å². The molecule has 10 heteroatoms. The Morgan fingerprint density at radius 2 is 1.82 bits per heavy atom. The summed E-state index contributed by atoms with van der Waals surface area (Å²) in [6, 6.07) is 17.6.